The first-order valence-corrected chi connectivity index (χ1v) is 23.2. The van der Waals surface area contributed by atoms with Gasteiger partial charge < -0.3 is 24.8 Å². The third-order valence-corrected chi connectivity index (χ3v) is 14.4. The number of nitrogens with one attached hydrogen (secondary N) is 3. The molecule has 3 aliphatic rings. The van der Waals surface area contributed by atoms with Crippen LogP contribution < -0.4 is 24.7 Å². The second-order valence-corrected chi connectivity index (χ2v) is 18.8. The Balaban J connectivity index is 0.798. The van der Waals surface area contributed by atoms with Gasteiger partial charge in [0.2, 0.25) is 23.5 Å². The molecule has 9 rings (SSSR count). The van der Waals surface area contributed by atoms with E-state index in [4.69, 9.17) is 0 Å². The van der Waals surface area contributed by atoms with Crippen LogP contribution in [0.1, 0.15) is 48.5 Å². The molecule has 0 saturated carbocycles. The fourth-order valence-corrected chi connectivity index (χ4v) is 9.71. The minimum atomic E-state index is -4.16. The average molecular weight is 939 g/mol. The summed E-state index contributed by atoms with van der Waals surface area (Å²) in [6.07, 6.45) is 5.61. The normalized spacial score (nSPS) is 16.9. The lowest BCUT2D eigenvalue weighted by Gasteiger charge is -2.41. The van der Waals surface area contributed by atoms with E-state index in [1.165, 1.54) is 18.1 Å². The number of aromatic nitrogens is 5. The molecular weight excluding hydrogens is 891 g/mol. The van der Waals surface area contributed by atoms with Crippen LogP contribution in [0.5, 0.6) is 0 Å². The number of urea groups is 1. The zero-order valence-corrected chi connectivity index (χ0v) is 37.7. The Morgan fingerprint density at radius 2 is 1.64 bits per heavy atom. The van der Waals surface area contributed by atoms with Gasteiger partial charge in [0.1, 0.15) is 5.82 Å². The molecule has 350 valence electrons. The minimum absolute atomic E-state index is 0.00399. The highest BCUT2D eigenvalue weighted by atomic mass is 32.2. The van der Waals surface area contributed by atoms with Crippen molar-refractivity contribution in [1.29, 1.82) is 0 Å². The number of benzene rings is 3. The second kappa shape index (κ2) is 17.6. The monoisotopic (exact) mass is 938 g/mol. The molecule has 22 heteroatoms. The molecule has 0 radical (unpaired) electrons. The Hall–Kier alpha value is -7.04. The molecule has 3 aromatic carbocycles. The molecule has 4 N–H and O–H groups in total. The van der Waals surface area contributed by atoms with Crippen molar-refractivity contribution in [3.05, 3.63) is 89.9 Å². The Bertz CT molecular complexity index is 3050. The number of H-pyrrole nitrogens is 1. The molecule has 0 unspecified atom stereocenters. The number of fused-ring (bicyclic) bond motifs is 2. The number of imide groups is 1. The molecule has 19 nitrogen and oxygen atoms in total. The van der Waals surface area contributed by atoms with Gasteiger partial charge in [-0.05, 0) is 60.9 Å². The van der Waals surface area contributed by atoms with Gasteiger partial charge in [-0.15, -0.1) is 0 Å². The first kappa shape index (κ1) is 45.1. The molecule has 3 aromatic heterocycles. The van der Waals surface area contributed by atoms with Gasteiger partial charge in [0.25, 0.3) is 0 Å². The SMILES string of the molecule is CCN(C)S(=O)(=O)Nc1ccc(F)c(C(=O)c2c[nH]c3ccc(-c4cnc(N5CCN(C(=O)CC6(O)CCN(c7ccc8c(N9CCC(=O)NC9=O)nn(C)c8c7)CC6)CC5)nc4)cc23)c1F. The van der Waals surface area contributed by atoms with E-state index in [1.54, 1.807) is 54.1 Å². The van der Waals surface area contributed by atoms with Crippen LogP contribution in [-0.2, 0) is 26.8 Å². The highest BCUT2D eigenvalue weighted by Gasteiger charge is 2.37. The number of aliphatic hydroxyl groups is 1. The average Bonchev–Trinajstić information content (AvgIpc) is 3.89. The van der Waals surface area contributed by atoms with E-state index in [9.17, 15) is 32.7 Å². The fraction of sp³-hybridized carbons (Fsp3) is 0.356. The summed E-state index contributed by atoms with van der Waals surface area (Å²) in [7, 11) is -1.06. The Labute approximate surface area is 383 Å². The molecule has 0 aliphatic carbocycles. The zero-order valence-electron chi connectivity index (χ0n) is 36.9. The van der Waals surface area contributed by atoms with Crippen molar-refractivity contribution in [3.8, 4) is 11.1 Å². The number of nitrogens with zero attached hydrogens (tertiary/aromatic N) is 9. The lowest BCUT2D eigenvalue weighted by molar-refractivity contribution is -0.137. The highest BCUT2D eigenvalue weighted by Crippen LogP contribution is 2.35. The highest BCUT2D eigenvalue weighted by molar-refractivity contribution is 7.90. The number of hydrogen-bond acceptors (Lipinski definition) is 12. The topological polar surface area (TPSA) is 222 Å². The maximum absolute atomic E-state index is 15.7. The standard InChI is InChI=1S/C45H48F2N12O7S/c1-4-54(2)67(65,66)53-35-10-8-33(46)39(40(35)47)41(62)32-26-48-34-9-5-27(21-31(32)34)28-24-49-43(50-25-28)58-19-17-57(18-20-58)38(61)23-45(64)12-15-56(16-13-45)29-6-7-30-36(22-29)55(3)52-42(30)59-14-11-37(60)51-44(59)63/h5-10,21-22,24-26,48,53,64H,4,11-20,23H2,1-3H3,(H,51,60,63). The van der Waals surface area contributed by atoms with Crippen molar-refractivity contribution in [2.75, 3.05) is 78.8 Å². The van der Waals surface area contributed by atoms with Crippen LogP contribution in [0, 0.1) is 11.6 Å². The lowest BCUT2D eigenvalue weighted by atomic mass is 9.87. The number of hydrogen-bond donors (Lipinski definition) is 4. The molecular formula is C45H48F2N12O7S. The van der Waals surface area contributed by atoms with E-state index in [-0.39, 0.29) is 43.3 Å². The number of piperidine rings is 1. The number of amides is 4. The van der Waals surface area contributed by atoms with Gasteiger partial charge in [-0.1, -0.05) is 13.0 Å². The number of carbonyl (C=O) groups excluding carboxylic acids is 4. The number of piperazine rings is 1. The largest absolute Gasteiger partial charge is 0.389 e. The summed E-state index contributed by atoms with van der Waals surface area (Å²) in [6, 6.07) is 12.3. The van der Waals surface area contributed by atoms with Gasteiger partial charge in [0.15, 0.2) is 11.6 Å². The van der Waals surface area contributed by atoms with Gasteiger partial charge in [0, 0.05) is 125 Å². The van der Waals surface area contributed by atoms with Crippen LogP contribution in [0.4, 0.5) is 36.7 Å². The van der Waals surface area contributed by atoms with Gasteiger partial charge in [-0.3, -0.25) is 34.0 Å². The summed E-state index contributed by atoms with van der Waals surface area (Å²) in [5.74, 6) is -2.96. The Morgan fingerprint density at radius 3 is 2.34 bits per heavy atom. The summed E-state index contributed by atoms with van der Waals surface area (Å²) in [5.41, 5.74) is 0.873. The number of ketones is 1. The van der Waals surface area contributed by atoms with Crippen LogP contribution in [-0.4, -0.2) is 136 Å². The number of halogens is 2. The lowest BCUT2D eigenvalue weighted by Crippen LogP contribution is -2.52. The van der Waals surface area contributed by atoms with Crippen molar-refractivity contribution >= 4 is 78.8 Å². The summed E-state index contributed by atoms with van der Waals surface area (Å²) >= 11 is 0. The summed E-state index contributed by atoms with van der Waals surface area (Å²) in [6.45, 7) is 4.79. The third-order valence-electron chi connectivity index (χ3n) is 12.9. The van der Waals surface area contributed by atoms with Crippen LogP contribution in [0.25, 0.3) is 32.9 Å². The molecule has 0 bridgehead atoms. The molecule has 4 amide bonds. The summed E-state index contributed by atoms with van der Waals surface area (Å²) in [5, 5.41) is 19.6. The van der Waals surface area contributed by atoms with Gasteiger partial charge in [-0.2, -0.15) is 17.8 Å². The van der Waals surface area contributed by atoms with Gasteiger partial charge in [-0.25, -0.2) is 23.5 Å². The summed E-state index contributed by atoms with van der Waals surface area (Å²) < 4.78 is 60.6. The zero-order chi connectivity index (χ0) is 47.4. The fourth-order valence-electron chi connectivity index (χ4n) is 8.78. The molecule has 6 heterocycles. The molecule has 0 atom stereocenters. The first-order valence-electron chi connectivity index (χ1n) is 21.8. The van der Waals surface area contributed by atoms with Crippen molar-refractivity contribution in [2.24, 2.45) is 7.05 Å². The Kier molecular flexibility index (Phi) is 11.9. The van der Waals surface area contributed by atoms with Gasteiger partial charge >= 0.3 is 16.2 Å². The first-order chi connectivity index (χ1) is 32.0. The van der Waals surface area contributed by atoms with E-state index in [0.29, 0.717) is 85.9 Å². The summed E-state index contributed by atoms with van der Waals surface area (Å²) in [4.78, 5) is 70.9. The smallest absolute Gasteiger partial charge is 0.329 e. The van der Waals surface area contributed by atoms with Crippen molar-refractivity contribution in [3.63, 3.8) is 0 Å². The van der Waals surface area contributed by atoms with E-state index < -0.39 is 50.5 Å². The number of aromatic amines is 1. The quantitative estimate of drug-likeness (QED) is 0.127. The third kappa shape index (κ3) is 8.74. The predicted octanol–water partition coefficient (Wildman–Crippen LogP) is 4.15. The number of carbonyl (C=O) groups is 4. The predicted molar refractivity (Wildman–Crippen MR) is 246 cm³/mol. The molecule has 3 saturated heterocycles. The van der Waals surface area contributed by atoms with E-state index in [1.807, 2.05) is 23.1 Å². The van der Waals surface area contributed by atoms with Crippen molar-refractivity contribution < 1.29 is 41.5 Å². The van der Waals surface area contributed by atoms with Crippen molar-refractivity contribution in [1.82, 2.24) is 39.3 Å². The molecule has 67 heavy (non-hydrogen) atoms. The van der Waals surface area contributed by atoms with Crippen LogP contribution >= 0.6 is 0 Å². The molecule has 3 fully saturated rings. The van der Waals surface area contributed by atoms with Gasteiger partial charge in [0.05, 0.1) is 28.8 Å². The molecule has 3 aliphatic heterocycles. The maximum Gasteiger partial charge on any atom is 0.329 e. The van der Waals surface area contributed by atoms with E-state index in [2.05, 4.69) is 35.0 Å². The van der Waals surface area contributed by atoms with Crippen LogP contribution in [0.15, 0.2) is 67.1 Å². The van der Waals surface area contributed by atoms with E-state index >= 15 is 8.78 Å². The number of aryl methyl sites for hydroxylation is 1. The van der Waals surface area contributed by atoms with E-state index in [0.717, 1.165) is 33.0 Å². The number of anilines is 4. The maximum atomic E-state index is 15.7. The minimum Gasteiger partial charge on any atom is -0.389 e. The van der Waals surface area contributed by atoms with Crippen molar-refractivity contribution in [2.45, 2.75) is 38.2 Å². The second-order valence-electron chi connectivity index (χ2n) is 17.0. The molecule has 0 spiro atoms. The Morgan fingerprint density at radius 1 is 0.910 bits per heavy atom. The van der Waals surface area contributed by atoms with Crippen LogP contribution in [0.2, 0.25) is 0 Å². The van der Waals surface area contributed by atoms with Crippen LogP contribution in [0.3, 0.4) is 0 Å². The molecule has 6 aromatic rings. The number of rotatable bonds is 12.